The van der Waals surface area contributed by atoms with Gasteiger partial charge in [0.05, 0.1) is 0 Å². The molecular formula is C24H34Ge2N2O12S. The third-order valence-electron chi connectivity index (χ3n) is 6.58. The van der Waals surface area contributed by atoms with Crippen LogP contribution in [0, 0.1) is 0 Å². The number of ether oxygens (including phenoxy) is 2. The number of nitrogens with zero attached hydrogens (tertiary/aromatic N) is 2. The van der Waals surface area contributed by atoms with Crippen LogP contribution in [0.15, 0.2) is 58.3 Å². The van der Waals surface area contributed by atoms with E-state index in [-0.39, 0.29) is 20.7 Å². The number of sulfone groups is 1. The molecule has 4 N–H and O–H groups in total. The van der Waals surface area contributed by atoms with Gasteiger partial charge < -0.3 is 11.0 Å². The molecule has 0 aromatic heterocycles. The second-order valence-corrected chi connectivity index (χ2v) is 16.7. The van der Waals surface area contributed by atoms with Gasteiger partial charge >= 0.3 is 239 Å². The van der Waals surface area contributed by atoms with E-state index in [1.807, 2.05) is 0 Å². The van der Waals surface area contributed by atoms with E-state index in [9.17, 15) is 8.42 Å². The average molecular weight is 720 g/mol. The Morgan fingerprint density at radius 1 is 0.610 bits per heavy atom. The summed E-state index contributed by atoms with van der Waals surface area (Å²) in [6.45, 7) is 6.83. The van der Waals surface area contributed by atoms with Crippen molar-refractivity contribution in [2.24, 2.45) is 0 Å². The van der Waals surface area contributed by atoms with E-state index in [1.165, 1.54) is 24.3 Å². The number of hydrogen-bond donors (Lipinski definition) is 0. The number of hydrogen-bond acceptors (Lipinski definition) is 12. The molecule has 2 aromatic rings. The Kier molecular flexibility index (Phi) is 11.9. The Morgan fingerprint density at radius 3 is 1.29 bits per heavy atom. The van der Waals surface area contributed by atoms with Gasteiger partial charge in [0.2, 0.25) is 0 Å². The molecule has 41 heavy (non-hydrogen) atoms. The van der Waals surface area contributed by atoms with Crippen LogP contribution < -0.4 is 9.47 Å². The van der Waals surface area contributed by atoms with Crippen molar-refractivity contribution in [2.45, 2.75) is 22.4 Å². The van der Waals surface area contributed by atoms with Crippen LogP contribution in [0.25, 0.3) is 0 Å². The Labute approximate surface area is 249 Å². The summed E-state index contributed by atoms with van der Waals surface area (Å²) in [7, 11) is -3.74. The van der Waals surface area contributed by atoms with E-state index < -0.39 is 53.1 Å². The molecule has 2 unspecified atom stereocenters. The predicted octanol–water partition coefficient (Wildman–Crippen LogP) is -0.992. The zero-order valence-corrected chi connectivity index (χ0v) is 27.2. The summed E-state index contributed by atoms with van der Waals surface area (Å²) in [5.41, 5.74) is 0. The molecule has 226 valence electrons. The molecule has 14 nitrogen and oxygen atoms in total. The first-order valence-electron chi connectivity index (χ1n) is 12.8. The molecule has 0 spiro atoms. The second-order valence-electron chi connectivity index (χ2n) is 9.27. The Hall–Kier alpha value is -1.32. The molecule has 2 radical (unpaired) electrons. The zero-order chi connectivity index (χ0) is 26.7. The Bertz CT molecular complexity index is 1070. The molecule has 8 rings (SSSR count). The Morgan fingerprint density at radius 2 is 0.951 bits per heavy atom. The van der Waals surface area contributed by atoms with E-state index in [2.05, 4.69) is 9.80 Å². The standard InChI is InChI=1S/C24H30Ge2N2O10S.2H2O/c29-39(30,21-5-1-19(2-6-21)35-23-17-27-9-13-31-25(37-23)32-14-10-27)22-7-3-20(4-8-22)36-24-18-28-11-15-33-26(38-24)34-16-12-28;;/h1-8,23-24H,9-18H2;2*1H2. The quantitative estimate of drug-likeness (QED) is 0.334. The monoisotopic (exact) mass is 722 g/mol. The summed E-state index contributed by atoms with van der Waals surface area (Å²) in [6.07, 6.45) is -1.06. The molecule has 6 aliphatic heterocycles. The molecule has 17 heteroatoms. The summed E-state index contributed by atoms with van der Waals surface area (Å²) in [4.78, 5) is 4.66. The van der Waals surface area contributed by atoms with Crippen LogP contribution in [0.4, 0.5) is 0 Å². The van der Waals surface area contributed by atoms with Gasteiger partial charge in [0.1, 0.15) is 0 Å². The molecule has 6 aliphatic rings. The van der Waals surface area contributed by atoms with Gasteiger partial charge in [-0.3, -0.25) is 0 Å². The van der Waals surface area contributed by atoms with Crippen molar-refractivity contribution in [3.05, 3.63) is 48.5 Å². The third kappa shape index (κ3) is 8.40. The Balaban J connectivity index is 0.00000194. The first-order chi connectivity index (χ1) is 19.0. The van der Waals surface area contributed by atoms with Crippen LogP contribution in [-0.2, 0) is 32.4 Å². The third-order valence-corrected chi connectivity index (χ3v) is 14.0. The molecule has 6 fully saturated rings. The van der Waals surface area contributed by atoms with Crippen LogP contribution in [0.2, 0.25) is 0 Å². The molecule has 4 bridgehead atoms. The first kappa shape index (κ1) is 32.6. The first-order valence-corrected chi connectivity index (χ1v) is 19.5. The summed E-state index contributed by atoms with van der Waals surface area (Å²) in [5, 5.41) is 0. The van der Waals surface area contributed by atoms with E-state index in [1.54, 1.807) is 24.3 Å². The van der Waals surface area contributed by atoms with Crippen LogP contribution >= 0.6 is 0 Å². The molecule has 2 atom stereocenters. The van der Waals surface area contributed by atoms with Crippen LogP contribution in [0.1, 0.15) is 0 Å². The van der Waals surface area contributed by atoms with Crippen molar-refractivity contribution in [3.8, 4) is 11.5 Å². The van der Waals surface area contributed by atoms with E-state index >= 15 is 0 Å². The van der Waals surface area contributed by atoms with Gasteiger partial charge in [0.25, 0.3) is 0 Å². The molecule has 6 heterocycles. The van der Waals surface area contributed by atoms with Gasteiger partial charge in [0.15, 0.2) is 0 Å². The summed E-state index contributed by atoms with van der Waals surface area (Å²) in [6, 6.07) is 12.7. The summed E-state index contributed by atoms with van der Waals surface area (Å²) < 4.78 is 73.3. The molecule has 6 saturated heterocycles. The number of benzene rings is 2. The van der Waals surface area contributed by atoms with Gasteiger partial charge in [-0.15, -0.1) is 0 Å². The fourth-order valence-corrected chi connectivity index (χ4v) is 10.3. The van der Waals surface area contributed by atoms with E-state index in [0.29, 0.717) is 51.0 Å². The van der Waals surface area contributed by atoms with Gasteiger partial charge in [0, 0.05) is 0 Å². The molecule has 0 saturated carbocycles. The second kappa shape index (κ2) is 14.9. The molecule has 0 amide bonds. The van der Waals surface area contributed by atoms with Crippen molar-refractivity contribution in [2.75, 3.05) is 65.7 Å². The minimum absolute atomic E-state index is 0. The van der Waals surface area contributed by atoms with Crippen molar-refractivity contribution >= 4 is 40.6 Å². The zero-order valence-electron chi connectivity index (χ0n) is 22.2. The maximum absolute atomic E-state index is 13.3. The summed E-state index contributed by atoms with van der Waals surface area (Å²) >= 11 is -5.08. The van der Waals surface area contributed by atoms with E-state index in [0.717, 1.165) is 26.2 Å². The van der Waals surface area contributed by atoms with E-state index in [4.69, 9.17) is 32.1 Å². The SMILES string of the molecule is O.O.O=S(=O)(c1ccc(OC2CN3CC[O][Ge]([O]CC3)[O]2)cc1)c1ccc(OC2CN3CC[O][Ge]([O]CC3)[O]2)cc1. The fourth-order valence-electron chi connectivity index (χ4n) is 4.51. The normalized spacial score (nSPS) is 27.5. The van der Waals surface area contributed by atoms with Gasteiger partial charge in [-0.1, -0.05) is 0 Å². The minimum atomic E-state index is -3.74. The maximum atomic E-state index is 13.3. The molecule has 2 aromatic carbocycles. The van der Waals surface area contributed by atoms with Crippen molar-refractivity contribution in [1.29, 1.82) is 0 Å². The summed E-state index contributed by atoms with van der Waals surface area (Å²) in [5.74, 6) is 1.02. The molecular weight excluding hydrogens is 686 g/mol. The van der Waals surface area contributed by atoms with Crippen molar-refractivity contribution < 1.29 is 51.4 Å². The predicted molar refractivity (Wildman–Crippen MR) is 145 cm³/mol. The topological polar surface area (TPSA) is 177 Å². The van der Waals surface area contributed by atoms with Crippen LogP contribution in [-0.4, -0.2) is 138 Å². The molecule has 0 aliphatic carbocycles. The van der Waals surface area contributed by atoms with Gasteiger partial charge in [-0.25, -0.2) is 0 Å². The average Bonchev–Trinajstić information content (AvgIpc) is 2.85. The van der Waals surface area contributed by atoms with Crippen molar-refractivity contribution in [1.82, 2.24) is 9.80 Å². The van der Waals surface area contributed by atoms with Crippen molar-refractivity contribution in [3.63, 3.8) is 0 Å². The number of fused-ring (bicyclic) bond motifs is 12. The van der Waals surface area contributed by atoms with Crippen LogP contribution in [0.3, 0.4) is 0 Å². The fraction of sp³-hybridized carbons (Fsp3) is 0.500. The van der Waals surface area contributed by atoms with Gasteiger partial charge in [-0.2, -0.15) is 0 Å². The van der Waals surface area contributed by atoms with Crippen LogP contribution in [0.5, 0.6) is 11.5 Å². The van der Waals surface area contributed by atoms with Gasteiger partial charge in [-0.05, 0) is 0 Å². The number of rotatable bonds is 6.